The molecule has 3 heteroatoms. The number of rotatable bonds is 3. The van der Waals surface area contributed by atoms with Crippen molar-refractivity contribution in [1.82, 2.24) is 5.32 Å². The Labute approximate surface area is 102 Å². The lowest BCUT2D eigenvalue weighted by molar-refractivity contribution is 0.0820. The predicted molar refractivity (Wildman–Crippen MR) is 69.9 cm³/mol. The summed E-state index contributed by atoms with van der Waals surface area (Å²) >= 11 is 0. The molecule has 0 aromatic heterocycles. The van der Waals surface area contributed by atoms with Crippen molar-refractivity contribution < 1.29 is 4.79 Å². The molecule has 1 aliphatic rings. The van der Waals surface area contributed by atoms with Crippen molar-refractivity contribution in [2.24, 2.45) is 0 Å². The molecule has 0 bridgehead atoms. The third-order valence-corrected chi connectivity index (χ3v) is 3.90. The third kappa shape index (κ3) is 2.28. The molecular weight excluding hydrogens is 212 g/mol. The van der Waals surface area contributed by atoms with Crippen molar-refractivity contribution in [1.29, 1.82) is 0 Å². The summed E-state index contributed by atoms with van der Waals surface area (Å²) in [6.45, 7) is 4.05. The number of hydrogen-bond acceptors (Lipinski definition) is 2. The molecule has 1 fully saturated rings. The molecular formula is C14H20N2O. The Morgan fingerprint density at radius 3 is 2.65 bits per heavy atom. The molecule has 1 aromatic carbocycles. The number of benzene rings is 1. The van der Waals surface area contributed by atoms with Gasteiger partial charge in [0, 0.05) is 16.8 Å². The van der Waals surface area contributed by atoms with Crippen molar-refractivity contribution in [2.45, 2.75) is 45.1 Å². The third-order valence-electron chi connectivity index (χ3n) is 3.90. The van der Waals surface area contributed by atoms with E-state index >= 15 is 0 Å². The minimum absolute atomic E-state index is 0.0228. The smallest absolute Gasteiger partial charge is 0.251 e. The van der Waals surface area contributed by atoms with E-state index in [0.29, 0.717) is 5.56 Å². The molecule has 0 aliphatic heterocycles. The molecule has 0 spiro atoms. The van der Waals surface area contributed by atoms with Crippen LogP contribution < -0.4 is 11.1 Å². The van der Waals surface area contributed by atoms with Gasteiger partial charge in [-0.3, -0.25) is 4.79 Å². The Bertz CT molecular complexity index is 430. The Kier molecular flexibility index (Phi) is 3.09. The van der Waals surface area contributed by atoms with Crippen LogP contribution in [0.4, 0.5) is 5.69 Å². The highest BCUT2D eigenvalue weighted by Gasteiger charge is 2.36. The summed E-state index contributed by atoms with van der Waals surface area (Å²) in [7, 11) is 0. The van der Waals surface area contributed by atoms with Crippen LogP contribution in [0.3, 0.4) is 0 Å². The number of nitrogen functional groups attached to an aromatic ring is 1. The second kappa shape index (κ2) is 4.40. The zero-order valence-corrected chi connectivity index (χ0v) is 10.5. The first-order valence-electron chi connectivity index (χ1n) is 6.25. The number of amides is 1. The largest absolute Gasteiger partial charge is 0.399 e. The van der Waals surface area contributed by atoms with E-state index in [9.17, 15) is 4.79 Å². The quantitative estimate of drug-likeness (QED) is 0.787. The number of nitrogens with one attached hydrogen (secondary N) is 1. The molecule has 0 saturated heterocycles. The number of anilines is 1. The maximum atomic E-state index is 12.1. The molecule has 1 aliphatic carbocycles. The van der Waals surface area contributed by atoms with Crippen LogP contribution in [0.1, 0.15) is 48.5 Å². The average molecular weight is 232 g/mol. The minimum atomic E-state index is 0.0228. The van der Waals surface area contributed by atoms with Gasteiger partial charge >= 0.3 is 0 Å². The molecule has 1 aromatic rings. The molecule has 3 nitrogen and oxygen atoms in total. The van der Waals surface area contributed by atoms with Crippen LogP contribution in [0.15, 0.2) is 18.2 Å². The molecule has 92 valence electrons. The molecule has 0 heterocycles. The van der Waals surface area contributed by atoms with Crippen LogP contribution >= 0.6 is 0 Å². The van der Waals surface area contributed by atoms with E-state index in [1.165, 1.54) is 6.42 Å². The summed E-state index contributed by atoms with van der Waals surface area (Å²) in [5, 5.41) is 3.16. The van der Waals surface area contributed by atoms with Crippen molar-refractivity contribution in [2.75, 3.05) is 5.73 Å². The molecule has 0 atom stereocenters. The first kappa shape index (κ1) is 12.0. The number of carbonyl (C=O) groups excluding carboxylic acids is 1. The molecule has 1 amide bonds. The van der Waals surface area contributed by atoms with Gasteiger partial charge in [0.05, 0.1) is 0 Å². The van der Waals surface area contributed by atoms with E-state index in [-0.39, 0.29) is 11.4 Å². The monoisotopic (exact) mass is 232 g/mol. The average Bonchev–Trinajstić information content (AvgIpc) is 2.27. The van der Waals surface area contributed by atoms with E-state index in [1.807, 2.05) is 13.0 Å². The molecule has 0 unspecified atom stereocenters. The van der Waals surface area contributed by atoms with Crippen LogP contribution in [0.2, 0.25) is 0 Å². The molecule has 1 saturated carbocycles. The van der Waals surface area contributed by atoms with Gasteiger partial charge in [0.15, 0.2) is 0 Å². The summed E-state index contributed by atoms with van der Waals surface area (Å²) in [6, 6.07) is 5.44. The lowest BCUT2D eigenvalue weighted by Gasteiger charge is -2.42. The number of aryl methyl sites for hydroxylation is 1. The molecule has 2 rings (SSSR count). The van der Waals surface area contributed by atoms with Crippen LogP contribution in [-0.4, -0.2) is 11.4 Å². The van der Waals surface area contributed by atoms with Crippen LogP contribution in [0, 0.1) is 6.92 Å². The highest BCUT2D eigenvalue weighted by atomic mass is 16.1. The van der Waals surface area contributed by atoms with E-state index in [2.05, 4.69) is 12.2 Å². The Balaban J connectivity index is 2.11. The van der Waals surface area contributed by atoms with Gasteiger partial charge in [-0.1, -0.05) is 6.92 Å². The lowest BCUT2D eigenvalue weighted by Crippen LogP contribution is -2.52. The first-order chi connectivity index (χ1) is 8.06. The van der Waals surface area contributed by atoms with Gasteiger partial charge in [-0.15, -0.1) is 0 Å². The summed E-state index contributed by atoms with van der Waals surface area (Å²) in [5.41, 5.74) is 8.19. The number of hydrogen-bond donors (Lipinski definition) is 2. The molecule has 3 N–H and O–H groups in total. The standard InChI is InChI=1S/C14H20N2O/c1-3-14(7-4-8-14)16-13(17)11-5-6-12(15)10(2)9-11/h5-6,9H,3-4,7-8,15H2,1-2H3,(H,16,17). The second-order valence-corrected chi connectivity index (χ2v) is 5.01. The predicted octanol–water partition coefficient (Wildman–Crippen LogP) is 2.64. The van der Waals surface area contributed by atoms with Crippen molar-refractivity contribution in [3.63, 3.8) is 0 Å². The Morgan fingerprint density at radius 2 is 2.18 bits per heavy atom. The van der Waals surface area contributed by atoms with Crippen molar-refractivity contribution in [3.05, 3.63) is 29.3 Å². The summed E-state index contributed by atoms with van der Waals surface area (Å²) in [6.07, 6.45) is 4.42. The van der Waals surface area contributed by atoms with Crippen LogP contribution in [0.25, 0.3) is 0 Å². The zero-order valence-electron chi connectivity index (χ0n) is 10.5. The Hall–Kier alpha value is -1.51. The minimum Gasteiger partial charge on any atom is -0.399 e. The van der Waals surface area contributed by atoms with Gasteiger partial charge in [0.25, 0.3) is 5.91 Å². The fourth-order valence-electron chi connectivity index (χ4n) is 2.30. The van der Waals surface area contributed by atoms with Crippen LogP contribution in [0.5, 0.6) is 0 Å². The number of carbonyl (C=O) groups is 1. The maximum Gasteiger partial charge on any atom is 0.251 e. The second-order valence-electron chi connectivity index (χ2n) is 5.01. The fourth-order valence-corrected chi connectivity index (χ4v) is 2.30. The highest BCUT2D eigenvalue weighted by Crippen LogP contribution is 2.34. The van der Waals surface area contributed by atoms with E-state index in [1.54, 1.807) is 12.1 Å². The number of nitrogens with two attached hydrogens (primary N) is 1. The first-order valence-corrected chi connectivity index (χ1v) is 6.25. The van der Waals surface area contributed by atoms with Crippen LogP contribution in [-0.2, 0) is 0 Å². The van der Waals surface area contributed by atoms with Crippen molar-refractivity contribution in [3.8, 4) is 0 Å². The zero-order chi connectivity index (χ0) is 12.5. The molecule has 17 heavy (non-hydrogen) atoms. The normalized spacial score (nSPS) is 17.3. The van der Waals surface area contributed by atoms with E-state index in [4.69, 9.17) is 5.73 Å². The van der Waals surface area contributed by atoms with Gasteiger partial charge in [-0.05, 0) is 56.4 Å². The summed E-state index contributed by atoms with van der Waals surface area (Å²) in [5.74, 6) is 0.0228. The fraction of sp³-hybridized carbons (Fsp3) is 0.500. The van der Waals surface area contributed by atoms with Gasteiger partial charge in [-0.25, -0.2) is 0 Å². The maximum absolute atomic E-state index is 12.1. The van der Waals surface area contributed by atoms with Crippen molar-refractivity contribution >= 4 is 11.6 Å². The summed E-state index contributed by atoms with van der Waals surface area (Å²) in [4.78, 5) is 12.1. The van der Waals surface area contributed by atoms with Gasteiger partial charge < -0.3 is 11.1 Å². The van der Waals surface area contributed by atoms with Gasteiger partial charge in [0.2, 0.25) is 0 Å². The Morgan fingerprint density at radius 1 is 1.47 bits per heavy atom. The molecule has 0 radical (unpaired) electrons. The topological polar surface area (TPSA) is 55.1 Å². The highest BCUT2D eigenvalue weighted by molar-refractivity contribution is 5.95. The summed E-state index contributed by atoms with van der Waals surface area (Å²) < 4.78 is 0. The SMILES string of the molecule is CCC1(NC(=O)c2ccc(N)c(C)c2)CCC1. The van der Waals surface area contributed by atoms with Gasteiger partial charge in [0.1, 0.15) is 0 Å². The lowest BCUT2D eigenvalue weighted by atomic mass is 9.74. The van der Waals surface area contributed by atoms with E-state index < -0.39 is 0 Å². The van der Waals surface area contributed by atoms with Gasteiger partial charge in [-0.2, -0.15) is 0 Å². The van der Waals surface area contributed by atoms with E-state index in [0.717, 1.165) is 30.5 Å².